The Labute approximate surface area is 176 Å². The van der Waals surface area contributed by atoms with Crippen LogP contribution in [0.3, 0.4) is 0 Å². The Kier molecular flexibility index (Phi) is 5.29. The minimum atomic E-state index is -0.859. The van der Waals surface area contributed by atoms with Gasteiger partial charge in [0.2, 0.25) is 5.88 Å². The SMILES string of the molecule is NC(=O)c1scnc1Oc1ccc(-n2ncn(Cc3c(F)cccc3F)c2=O)cc1F. The average Bonchev–Trinajstić information content (AvgIpc) is 3.33. The molecule has 158 valence electrons. The second-order valence-corrected chi connectivity index (χ2v) is 7.08. The van der Waals surface area contributed by atoms with Crippen LogP contribution in [0.4, 0.5) is 13.2 Å². The van der Waals surface area contributed by atoms with Crippen molar-refractivity contribution in [3.63, 3.8) is 0 Å². The minimum absolute atomic E-state index is 0.0267. The summed E-state index contributed by atoms with van der Waals surface area (Å²) in [7, 11) is 0. The average molecular weight is 447 g/mol. The van der Waals surface area contributed by atoms with Crippen LogP contribution in [0, 0.1) is 17.5 Å². The quantitative estimate of drug-likeness (QED) is 0.489. The maximum Gasteiger partial charge on any atom is 0.350 e. The molecular formula is C19H12F3N5O3S. The van der Waals surface area contributed by atoms with E-state index in [1.807, 2.05) is 0 Å². The highest BCUT2D eigenvalue weighted by molar-refractivity contribution is 7.12. The van der Waals surface area contributed by atoms with Crippen LogP contribution in [0.15, 0.2) is 53.0 Å². The van der Waals surface area contributed by atoms with Crippen molar-refractivity contribution in [1.82, 2.24) is 19.3 Å². The summed E-state index contributed by atoms with van der Waals surface area (Å²) in [5.74, 6) is -3.62. The zero-order valence-electron chi connectivity index (χ0n) is 15.5. The number of carbonyl (C=O) groups is 1. The van der Waals surface area contributed by atoms with Crippen LogP contribution in [-0.4, -0.2) is 25.2 Å². The van der Waals surface area contributed by atoms with Crippen LogP contribution in [0.25, 0.3) is 5.69 Å². The summed E-state index contributed by atoms with van der Waals surface area (Å²) in [6.45, 7) is -0.388. The van der Waals surface area contributed by atoms with Gasteiger partial charge in [-0.05, 0) is 24.3 Å². The Morgan fingerprint density at radius 2 is 1.87 bits per heavy atom. The van der Waals surface area contributed by atoms with E-state index < -0.39 is 29.0 Å². The van der Waals surface area contributed by atoms with E-state index in [-0.39, 0.29) is 34.3 Å². The highest BCUT2D eigenvalue weighted by Gasteiger charge is 2.18. The zero-order valence-corrected chi connectivity index (χ0v) is 16.3. The first-order chi connectivity index (χ1) is 14.8. The van der Waals surface area contributed by atoms with Crippen molar-refractivity contribution in [3.8, 4) is 17.3 Å². The second-order valence-electron chi connectivity index (χ2n) is 6.22. The number of benzene rings is 2. The molecule has 0 aliphatic carbocycles. The van der Waals surface area contributed by atoms with E-state index in [0.717, 1.165) is 45.1 Å². The van der Waals surface area contributed by atoms with Crippen LogP contribution in [-0.2, 0) is 6.54 Å². The third-order valence-electron chi connectivity index (χ3n) is 4.25. The van der Waals surface area contributed by atoms with Gasteiger partial charge in [0.15, 0.2) is 16.4 Å². The molecule has 0 radical (unpaired) electrons. The monoisotopic (exact) mass is 447 g/mol. The molecule has 0 fully saturated rings. The fourth-order valence-electron chi connectivity index (χ4n) is 2.75. The standard InChI is InChI=1S/C19H12F3N5O3S/c20-12-2-1-3-13(21)11(12)7-26-8-25-27(19(26)29)10-4-5-15(14(22)6-10)30-18-16(17(23)28)31-9-24-18/h1-6,8-9H,7H2,(H2,23,28). The first kappa shape index (κ1) is 20.3. The molecule has 2 N–H and O–H groups in total. The van der Waals surface area contributed by atoms with E-state index in [4.69, 9.17) is 10.5 Å². The maximum absolute atomic E-state index is 14.5. The van der Waals surface area contributed by atoms with Gasteiger partial charge in [-0.3, -0.25) is 9.36 Å². The van der Waals surface area contributed by atoms with Gasteiger partial charge in [-0.25, -0.2) is 22.9 Å². The molecule has 1 amide bonds. The van der Waals surface area contributed by atoms with Gasteiger partial charge in [0, 0.05) is 11.6 Å². The predicted molar refractivity (Wildman–Crippen MR) is 104 cm³/mol. The van der Waals surface area contributed by atoms with Gasteiger partial charge in [0.25, 0.3) is 5.91 Å². The Hall–Kier alpha value is -3.93. The number of nitrogens with two attached hydrogens (primary N) is 1. The number of thiazole rings is 1. The summed E-state index contributed by atoms with van der Waals surface area (Å²) >= 11 is 0.945. The number of primary amides is 1. The summed E-state index contributed by atoms with van der Waals surface area (Å²) in [6, 6.07) is 6.91. The lowest BCUT2D eigenvalue weighted by molar-refractivity contribution is 0.100. The zero-order chi connectivity index (χ0) is 22.1. The van der Waals surface area contributed by atoms with Crippen molar-refractivity contribution < 1.29 is 22.7 Å². The summed E-state index contributed by atoms with van der Waals surface area (Å²) in [4.78, 5) is 27.8. The Morgan fingerprint density at radius 3 is 2.55 bits per heavy atom. The largest absolute Gasteiger partial charge is 0.434 e. The molecule has 8 nitrogen and oxygen atoms in total. The molecule has 2 aromatic heterocycles. The first-order valence-corrected chi connectivity index (χ1v) is 9.51. The van der Waals surface area contributed by atoms with Gasteiger partial charge in [-0.1, -0.05) is 6.07 Å². The molecule has 0 unspecified atom stereocenters. The van der Waals surface area contributed by atoms with Gasteiger partial charge in [-0.15, -0.1) is 11.3 Å². The maximum atomic E-state index is 14.5. The fourth-order valence-corrected chi connectivity index (χ4v) is 3.32. The highest BCUT2D eigenvalue weighted by atomic mass is 32.1. The lowest BCUT2D eigenvalue weighted by Gasteiger charge is -2.07. The van der Waals surface area contributed by atoms with Crippen LogP contribution >= 0.6 is 11.3 Å². The number of nitrogens with zero attached hydrogens (tertiary/aromatic N) is 4. The van der Waals surface area contributed by atoms with E-state index in [9.17, 15) is 22.8 Å². The van der Waals surface area contributed by atoms with Crippen LogP contribution in [0.5, 0.6) is 11.6 Å². The van der Waals surface area contributed by atoms with E-state index in [1.54, 1.807) is 0 Å². The molecule has 0 atom stereocenters. The van der Waals surface area contributed by atoms with E-state index >= 15 is 0 Å². The number of hydrogen-bond acceptors (Lipinski definition) is 6. The molecule has 0 spiro atoms. The number of halogens is 3. The van der Waals surface area contributed by atoms with Gasteiger partial charge in [0.1, 0.15) is 18.0 Å². The van der Waals surface area contributed by atoms with Crippen molar-refractivity contribution in [1.29, 1.82) is 0 Å². The lowest BCUT2D eigenvalue weighted by Crippen LogP contribution is -2.24. The molecule has 0 aliphatic heterocycles. The summed E-state index contributed by atoms with van der Waals surface area (Å²) in [6.07, 6.45) is 1.09. The Balaban J connectivity index is 1.61. The molecule has 0 saturated heterocycles. The smallest absolute Gasteiger partial charge is 0.350 e. The second kappa shape index (κ2) is 8.07. The number of ether oxygens (including phenoxy) is 1. The van der Waals surface area contributed by atoms with E-state index in [2.05, 4.69) is 10.1 Å². The Morgan fingerprint density at radius 1 is 1.13 bits per heavy atom. The van der Waals surface area contributed by atoms with Crippen molar-refractivity contribution >= 4 is 17.2 Å². The fraction of sp³-hybridized carbons (Fsp3) is 0.0526. The number of rotatable bonds is 6. The molecule has 2 heterocycles. The van der Waals surface area contributed by atoms with Crippen molar-refractivity contribution in [3.05, 3.63) is 86.6 Å². The minimum Gasteiger partial charge on any atom is -0.434 e. The van der Waals surface area contributed by atoms with E-state index in [1.165, 1.54) is 23.7 Å². The molecule has 4 rings (SSSR count). The number of carbonyl (C=O) groups excluding carboxylic acids is 1. The molecule has 0 bridgehead atoms. The van der Waals surface area contributed by atoms with Crippen molar-refractivity contribution in [2.24, 2.45) is 5.73 Å². The molecule has 4 aromatic rings. The van der Waals surface area contributed by atoms with Gasteiger partial charge >= 0.3 is 5.69 Å². The van der Waals surface area contributed by atoms with E-state index in [0.29, 0.717) is 0 Å². The lowest BCUT2D eigenvalue weighted by atomic mass is 10.2. The summed E-state index contributed by atoms with van der Waals surface area (Å²) in [5.41, 5.74) is 5.55. The predicted octanol–water partition coefficient (Wildman–Crippen LogP) is 2.85. The number of amides is 1. The number of hydrogen-bond donors (Lipinski definition) is 1. The summed E-state index contributed by atoms with van der Waals surface area (Å²) < 4.78 is 49.4. The molecular weight excluding hydrogens is 435 g/mol. The molecule has 2 aromatic carbocycles. The van der Waals surface area contributed by atoms with Gasteiger partial charge in [-0.2, -0.15) is 9.78 Å². The molecule has 0 aliphatic rings. The third kappa shape index (κ3) is 3.92. The molecule has 12 heteroatoms. The van der Waals surface area contributed by atoms with Crippen LogP contribution in [0.1, 0.15) is 15.2 Å². The van der Waals surface area contributed by atoms with Crippen LogP contribution in [0.2, 0.25) is 0 Å². The van der Waals surface area contributed by atoms with Crippen molar-refractivity contribution in [2.45, 2.75) is 6.54 Å². The highest BCUT2D eigenvalue weighted by Crippen LogP contribution is 2.29. The number of aromatic nitrogens is 4. The topological polar surface area (TPSA) is 105 Å². The molecule has 0 saturated carbocycles. The Bertz CT molecular complexity index is 1330. The first-order valence-electron chi connectivity index (χ1n) is 8.63. The summed E-state index contributed by atoms with van der Waals surface area (Å²) in [5, 5.41) is 3.87. The third-order valence-corrected chi connectivity index (χ3v) is 5.07. The van der Waals surface area contributed by atoms with Gasteiger partial charge < -0.3 is 10.5 Å². The van der Waals surface area contributed by atoms with Crippen LogP contribution < -0.4 is 16.2 Å². The normalized spacial score (nSPS) is 10.9. The van der Waals surface area contributed by atoms with Gasteiger partial charge in [0.05, 0.1) is 17.7 Å². The van der Waals surface area contributed by atoms with Crippen molar-refractivity contribution in [2.75, 3.05) is 0 Å². The molecule has 31 heavy (non-hydrogen) atoms.